The first-order chi connectivity index (χ1) is 12.1. The zero-order valence-corrected chi connectivity index (χ0v) is 17.6. The zero-order valence-electron chi connectivity index (χ0n) is 16.0. The van der Waals surface area contributed by atoms with E-state index in [2.05, 4.69) is 18.6 Å². The molecule has 0 aromatic rings. The molecule has 1 aliphatic heterocycles. The van der Waals surface area contributed by atoms with Crippen LogP contribution in [0.4, 0.5) is 0 Å². The Kier molecular flexibility index (Phi) is 5.14. The second-order valence-electron chi connectivity index (χ2n) is 8.35. The summed E-state index contributed by atoms with van der Waals surface area (Å²) in [5.74, 6) is 0.429. The molecule has 1 amide bonds. The molecule has 1 heterocycles. The summed E-state index contributed by atoms with van der Waals surface area (Å²) in [6.07, 6.45) is 3.52. The number of rotatable bonds is 6. The van der Waals surface area contributed by atoms with E-state index in [1.807, 2.05) is 6.92 Å². The van der Waals surface area contributed by atoms with Gasteiger partial charge < -0.3 is 4.74 Å². The van der Waals surface area contributed by atoms with Crippen LogP contribution in [0.25, 0.3) is 0 Å². The second-order valence-corrected chi connectivity index (χ2v) is 11.5. The van der Waals surface area contributed by atoms with Crippen LogP contribution in [0.15, 0.2) is 0 Å². The summed E-state index contributed by atoms with van der Waals surface area (Å²) in [5, 5.41) is -0.438. The molecule has 0 N–H and O–H groups in total. The first kappa shape index (κ1) is 20.0. The number of sulfonamides is 1. The van der Waals surface area contributed by atoms with E-state index in [1.165, 1.54) is 23.2 Å². The van der Waals surface area contributed by atoms with Crippen LogP contribution in [0, 0.1) is 16.7 Å². The number of methoxy groups -OCH3 is 1. The number of ether oxygens (including phenoxy) is 1. The van der Waals surface area contributed by atoms with Crippen LogP contribution in [-0.4, -0.2) is 54.5 Å². The summed E-state index contributed by atoms with van der Waals surface area (Å²) in [6, 6.07) is -0.191. The van der Waals surface area contributed by atoms with Crippen molar-refractivity contribution in [1.29, 1.82) is 0 Å². The largest absolute Gasteiger partial charge is 0.469 e. The highest BCUT2D eigenvalue weighted by atomic mass is 32.2. The van der Waals surface area contributed by atoms with Gasteiger partial charge in [0.2, 0.25) is 15.9 Å². The molecule has 26 heavy (non-hydrogen) atoms. The van der Waals surface area contributed by atoms with Gasteiger partial charge in [-0.2, -0.15) is 0 Å². The summed E-state index contributed by atoms with van der Waals surface area (Å²) >= 11 is 1.36. The third-order valence-corrected chi connectivity index (χ3v) is 10.4. The molecular weight excluding hydrogens is 374 g/mol. The van der Waals surface area contributed by atoms with Gasteiger partial charge in [-0.15, -0.1) is 11.8 Å². The molecule has 0 radical (unpaired) electrons. The second kappa shape index (κ2) is 6.69. The molecule has 3 fully saturated rings. The van der Waals surface area contributed by atoms with Gasteiger partial charge in [0.1, 0.15) is 0 Å². The lowest BCUT2D eigenvalue weighted by Crippen LogP contribution is -2.47. The van der Waals surface area contributed by atoms with Crippen molar-refractivity contribution < 1.29 is 22.7 Å². The van der Waals surface area contributed by atoms with Crippen LogP contribution in [0.3, 0.4) is 0 Å². The van der Waals surface area contributed by atoms with Crippen LogP contribution in [-0.2, 0) is 24.3 Å². The highest BCUT2D eigenvalue weighted by Gasteiger charge is 2.72. The Morgan fingerprint density at radius 2 is 2.04 bits per heavy atom. The highest BCUT2D eigenvalue weighted by Crippen LogP contribution is 2.70. The zero-order chi connectivity index (χ0) is 19.3. The number of hydrogen-bond donors (Lipinski definition) is 0. The third-order valence-electron chi connectivity index (χ3n) is 7.13. The predicted molar refractivity (Wildman–Crippen MR) is 101 cm³/mol. The topological polar surface area (TPSA) is 80.8 Å². The minimum absolute atomic E-state index is 0.0422. The number of fused-ring (bicyclic) bond motifs is 1. The molecule has 2 bridgehead atoms. The van der Waals surface area contributed by atoms with Crippen LogP contribution in [0.5, 0.6) is 0 Å². The molecule has 2 saturated carbocycles. The molecule has 3 aliphatic rings. The predicted octanol–water partition coefficient (Wildman–Crippen LogP) is 2.43. The van der Waals surface area contributed by atoms with Crippen molar-refractivity contribution in [3.8, 4) is 0 Å². The van der Waals surface area contributed by atoms with Crippen molar-refractivity contribution in [1.82, 2.24) is 4.31 Å². The van der Waals surface area contributed by atoms with Crippen molar-refractivity contribution >= 4 is 33.7 Å². The van der Waals surface area contributed by atoms with E-state index < -0.39 is 15.3 Å². The number of esters is 1. The molecule has 2 aliphatic carbocycles. The Balaban J connectivity index is 1.79. The quantitative estimate of drug-likeness (QED) is 0.634. The first-order valence-corrected chi connectivity index (χ1v) is 12.0. The Morgan fingerprint density at radius 1 is 1.35 bits per heavy atom. The van der Waals surface area contributed by atoms with Crippen molar-refractivity contribution in [2.24, 2.45) is 16.7 Å². The lowest BCUT2D eigenvalue weighted by molar-refractivity contribution is -0.140. The Bertz CT molecular complexity index is 704. The lowest BCUT2D eigenvalue weighted by Gasteiger charge is -2.37. The fourth-order valence-electron chi connectivity index (χ4n) is 5.47. The summed E-state index contributed by atoms with van der Waals surface area (Å²) in [6.45, 7) is 6.24. The Morgan fingerprint density at radius 3 is 2.62 bits per heavy atom. The van der Waals surface area contributed by atoms with Gasteiger partial charge in [0.25, 0.3) is 0 Å². The average molecular weight is 404 g/mol. The van der Waals surface area contributed by atoms with Crippen LogP contribution < -0.4 is 0 Å². The van der Waals surface area contributed by atoms with E-state index >= 15 is 0 Å². The van der Waals surface area contributed by atoms with Gasteiger partial charge in [0.05, 0.1) is 30.6 Å². The van der Waals surface area contributed by atoms with E-state index in [1.54, 1.807) is 0 Å². The maximum atomic E-state index is 13.2. The van der Waals surface area contributed by atoms with Gasteiger partial charge >= 0.3 is 5.97 Å². The number of hydrogen-bond acceptors (Lipinski definition) is 6. The molecule has 4 unspecified atom stereocenters. The SMILES string of the molecule is CCC(SCCC(=O)OC)C(=O)N1C2CC3CCC2(CS1(=O)=O)C3(C)C. The standard InChI is InChI=1S/C18H29NO5S2/c1-5-13(25-9-7-15(20)24-4)16(21)19-14-10-12-6-8-18(14,17(12,2)3)11-26(19,22)23/h12-14H,5-11H2,1-4H3. The molecule has 1 spiro atoms. The van der Waals surface area contributed by atoms with E-state index in [0.717, 1.165) is 19.3 Å². The van der Waals surface area contributed by atoms with Crippen molar-refractivity contribution in [2.45, 2.75) is 64.2 Å². The fraction of sp³-hybridized carbons (Fsp3) is 0.889. The van der Waals surface area contributed by atoms with E-state index in [9.17, 15) is 18.0 Å². The van der Waals surface area contributed by atoms with Gasteiger partial charge in [0, 0.05) is 11.2 Å². The third kappa shape index (κ3) is 2.79. The first-order valence-electron chi connectivity index (χ1n) is 9.35. The molecule has 0 aromatic carbocycles. The summed E-state index contributed by atoms with van der Waals surface area (Å²) in [5.41, 5.74) is -0.333. The molecule has 148 valence electrons. The molecular formula is C18H29NO5S2. The normalized spacial score (nSPS) is 34.5. The molecule has 0 aromatic heterocycles. The Hall–Kier alpha value is -0.760. The van der Waals surface area contributed by atoms with Gasteiger partial charge in [-0.3, -0.25) is 9.59 Å². The molecule has 4 atom stereocenters. The lowest BCUT2D eigenvalue weighted by atomic mass is 9.69. The van der Waals surface area contributed by atoms with Gasteiger partial charge in [-0.05, 0) is 37.0 Å². The maximum absolute atomic E-state index is 13.2. The minimum Gasteiger partial charge on any atom is -0.469 e. The number of amides is 1. The van der Waals surface area contributed by atoms with Gasteiger partial charge in [0.15, 0.2) is 0 Å². The van der Waals surface area contributed by atoms with E-state index in [0.29, 0.717) is 18.1 Å². The highest BCUT2D eigenvalue weighted by molar-refractivity contribution is 8.00. The molecule has 8 heteroatoms. The van der Waals surface area contributed by atoms with E-state index in [-0.39, 0.29) is 40.9 Å². The smallest absolute Gasteiger partial charge is 0.306 e. The summed E-state index contributed by atoms with van der Waals surface area (Å²) in [4.78, 5) is 24.5. The fourth-order valence-corrected chi connectivity index (χ4v) is 9.17. The molecule has 3 rings (SSSR count). The number of thioether (sulfide) groups is 1. The van der Waals surface area contributed by atoms with Crippen LogP contribution in [0.2, 0.25) is 0 Å². The molecule has 1 saturated heterocycles. The summed E-state index contributed by atoms with van der Waals surface area (Å²) < 4.78 is 31.8. The van der Waals surface area contributed by atoms with Crippen molar-refractivity contribution in [3.63, 3.8) is 0 Å². The van der Waals surface area contributed by atoms with Crippen molar-refractivity contribution in [3.05, 3.63) is 0 Å². The van der Waals surface area contributed by atoms with Crippen LogP contribution >= 0.6 is 11.8 Å². The van der Waals surface area contributed by atoms with Crippen LogP contribution in [0.1, 0.15) is 52.9 Å². The van der Waals surface area contributed by atoms with Gasteiger partial charge in [-0.25, -0.2) is 12.7 Å². The average Bonchev–Trinajstić information content (AvgIpc) is 3.05. The summed E-state index contributed by atoms with van der Waals surface area (Å²) in [7, 11) is -2.25. The van der Waals surface area contributed by atoms with Gasteiger partial charge in [-0.1, -0.05) is 20.8 Å². The number of carbonyl (C=O) groups excluding carboxylic acids is 2. The van der Waals surface area contributed by atoms with Crippen molar-refractivity contribution in [2.75, 3.05) is 18.6 Å². The number of carbonyl (C=O) groups is 2. The monoisotopic (exact) mass is 403 g/mol. The maximum Gasteiger partial charge on any atom is 0.306 e. The van der Waals surface area contributed by atoms with E-state index in [4.69, 9.17) is 0 Å². The molecule has 6 nitrogen and oxygen atoms in total. The number of nitrogens with zero attached hydrogens (tertiary/aromatic N) is 1. The minimum atomic E-state index is -3.58. The Labute approximate surface area is 160 Å².